The summed E-state index contributed by atoms with van der Waals surface area (Å²) in [5.74, 6) is -0.0238. The van der Waals surface area contributed by atoms with Gasteiger partial charge in [0.05, 0.1) is 23.4 Å². The maximum absolute atomic E-state index is 12.9. The second-order valence-electron chi connectivity index (χ2n) is 9.05. The molecule has 0 saturated heterocycles. The number of cyclic esters (lactones) is 1. The molecule has 0 unspecified atom stereocenters. The van der Waals surface area contributed by atoms with Gasteiger partial charge in [-0.25, -0.2) is 9.59 Å². The Morgan fingerprint density at radius 3 is 2.49 bits per heavy atom. The van der Waals surface area contributed by atoms with Crippen molar-refractivity contribution in [2.24, 2.45) is 0 Å². The third-order valence-electron chi connectivity index (χ3n) is 6.39. The van der Waals surface area contributed by atoms with Crippen LogP contribution in [0.1, 0.15) is 46.8 Å². The Morgan fingerprint density at radius 2 is 1.77 bits per heavy atom. The number of rotatable bonds is 9. The van der Waals surface area contributed by atoms with Crippen LogP contribution in [0.5, 0.6) is 11.5 Å². The molecule has 0 aliphatic carbocycles. The first kappa shape index (κ1) is 27.7. The molecule has 2 N–H and O–H groups in total. The molecule has 0 radical (unpaired) electrons. The zero-order valence-electron chi connectivity index (χ0n) is 21.9. The lowest BCUT2D eigenvalue weighted by Gasteiger charge is -2.20. The molecule has 0 saturated carbocycles. The normalized spacial score (nSPS) is 12.4. The second kappa shape index (κ2) is 12.5. The third kappa shape index (κ3) is 6.59. The molecule has 0 atom stereocenters. The van der Waals surface area contributed by atoms with Crippen LogP contribution >= 0.6 is 11.6 Å². The molecule has 1 heterocycles. The Bertz CT molecular complexity index is 1440. The van der Waals surface area contributed by atoms with Crippen molar-refractivity contribution in [3.8, 4) is 11.5 Å². The summed E-state index contributed by atoms with van der Waals surface area (Å²) in [4.78, 5) is 38.0. The molecule has 4 rings (SSSR count). The number of halogens is 1. The molecule has 3 aromatic carbocycles. The van der Waals surface area contributed by atoms with E-state index in [9.17, 15) is 14.4 Å². The fourth-order valence-corrected chi connectivity index (χ4v) is 4.54. The first-order chi connectivity index (χ1) is 18.8. The molecule has 2 amide bonds. The SMILES string of the molecule is COc1c(C)c2c(c(NC(=O)Nc3ccccc3)c1CC=C(C)CCC(=O)Oc1ccccc1Cl)C(=O)OC2. The van der Waals surface area contributed by atoms with Gasteiger partial charge >= 0.3 is 18.0 Å². The molecule has 0 aromatic heterocycles. The standard InChI is InChI=1S/C30H29ClN2O6/c1-18(14-16-25(34)39-24-12-8-7-11-23(24)31)13-15-21-27(33-30(36)32-20-9-5-4-6-10-20)26-22(17-38-29(26)35)19(2)28(21)37-3/h4-13H,14-17H2,1-3H3,(H2,32,33,36). The number of hydrogen-bond donors (Lipinski definition) is 2. The van der Waals surface area contributed by atoms with E-state index in [1.165, 1.54) is 0 Å². The summed E-state index contributed by atoms with van der Waals surface area (Å²) in [5, 5.41) is 6.00. The van der Waals surface area contributed by atoms with Crippen molar-refractivity contribution in [3.63, 3.8) is 0 Å². The molecular weight excluding hydrogens is 520 g/mol. The molecule has 0 bridgehead atoms. The topological polar surface area (TPSA) is 103 Å². The van der Waals surface area contributed by atoms with Crippen molar-refractivity contribution >= 4 is 40.9 Å². The highest BCUT2D eigenvalue weighted by molar-refractivity contribution is 6.32. The van der Waals surface area contributed by atoms with Gasteiger partial charge in [-0.05, 0) is 56.5 Å². The fourth-order valence-electron chi connectivity index (χ4n) is 4.37. The Kier molecular flexibility index (Phi) is 8.88. The quantitative estimate of drug-likeness (QED) is 0.172. The molecule has 202 valence electrons. The van der Waals surface area contributed by atoms with Crippen molar-refractivity contribution < 1.29 is 28.6 Å². The van der Waals surface area contributed by atoms with E-state index < -0.39 is 18.0 Å². The fraction of sp³-hybridized carbons (Fsp3) is 0.233. The van der Waals surface area contributed by atoms with Gasteiger partial charge in [-0.3, -0.25) is 4.79 Å². The van der Waals surface area contributed by atoms with E-state index in [0.29, 0.717) is 57.4 Å². The Morgan fingerprint density at radius 1 is 1.05 bits per heavy atom. The van der Waals surface area contributed by atoms with E-state index >= 15 is 0 Å². The van der Waals surface area contributed by atoms with E-state index in [1.807, 2.05) is 38.1 Å². The maximum atomic E-state index is 12.9. The Balaban J connectivity index is 1.55. The average Bonchev–Trinajstić information content (AvgIpc) is 3.31. The zero-order chi connectivity index (χ0) is 27.9. The number of hydrogen-bond acceptors (Lipinski definition) is 6. The minimum Gasteiger partial charge on any atom is -0.496 e. The number of carbonyl (C=O) groups is 3. The lowest BCUT2D eigenvalue weighted by Crippen LogP contribution is -2.22. The third-order valence-corrected chi connectivity index (χ3v) is 6.70. The lowest BCUT2D eigenvalue weighted by atomic mass is 9.93. The number of anilines is 2. The highest BCUT2D eigenvalue weighted by atomic mass is 35.5. The predicted octanol–water partition coefficient (Wildman–Crippen LogP) is 6.85. The first-order valence-electron chi connectivity index (χ1n) is 12.4. The van der Waals surface area contributed by atoms with E-state index in [4.69, 9.17) is 25.8 Å². The van der Waals surface area contributed by atoms with Gasteiger partial charge in [0.25, 0.3) is 0 Å². The van der Waals surface area contributed by atoms with Gasteiger partial charge in [0.15, 0.2) is 0 Å². The molecule has 8 nitrogen and oxygen atoms in total. The summed E-state index contributed by atoms with van der Waals surface area (Å²) in [7, 11) is 1.55. The number of ether oxygens (including phenoxy) is 3. The number of urea groups is 1. The van der Waals surface area contributed by atoms with Crippen LogP contribution in [0, 0.1) is 6.92 Å². The van der Waals surface area contributed by atoms with Gasteiger partial charge < -0.3 is 24.8 Å². The molecule has 3 aromatic rings. The van der Waals surface area contributed by atoms with Crippen LogP contribution in [-0.2, 0) is 22.6 Å². The maximum Gasteiger partial charge on any atom is 0.341 e. The van der Waals surface area contributed by atoms with Crippen molar-refractivity contribution in [3.05, 3.63) is 93.5 Å². The minimum atomic E-state index is -0.505. The predicted molar refractivity (Wildman–Crippen MR) is 150 cm³/mol. The number of carbonyl (C=O) groups excluding carboxylic acids is 3. The summed E-state index contributed by atoms with van der Waals surface area (Å²) in [5.41, 5.74) is 4.28. The number of amides is 2. The number of fused-ring (bicyclic) bond motifs is 1. The molecular formula is C30H29ClN2O6. The number of allylic oxidation sites excluding steroid dienone is 2. The van der Waals surface area contributed by atoms with Crippen LogP contribution < -0.4 is 20.1 Å². The van der Waals surface area contributed by atoms with Crippen LogP contribution in [-0.4, -0.2) is 25.1 Å². The van der Waals surface area contributed by atoms with Crippen LogP contribution in [0.3, 0.4) is 0 Å². The van der Waals surface area contributed by atoms with Crippen LogP contribution in [0.15, 0.2) is 66.2 Å². The smallest absolute Gasteiger partial charge is 0.341 e. The first-order valence-corrected chi connectivity index (χ1v) is 12.8. The number of methoxy groups -OCH3 is 1. The van der Waals surface area contributed by atoms with E-state index in [2.05, 4.69) is 10.6 Å². The molecule has 1 aliphatic rings. The summed E-state index contributed by atoms with van der Waals surface area (Å²) in [6, 6.07) is 15.3. The molecule has 1 aliphatic heterocycles. The zero-order valence-corrected chi connectivity index (χ0v) is 22.7. The van der Waals surface area contributed by atoms with E-state index in [-0.39, 0.29) is 13.0 Å². The molecule has 9 heteroatoms. The van der Waals surface area contributed by atoms with Crippen molar-refractivity contribution in [1.82, 2.24) is 0 Å². The summed E-state index contributed by atoms with van der Waals surface area (Å²) < 4.78 is 16.4. The minimum absolute atomic E-state index is 0.105. The Labute approximate surface area is 231 Å². The summed E-state index contributed by atoms with van der Waals surface area (Å²) in [6.07, 6.45) is 2.89. The lowest BCUT2D eigenvalue weighted by molar-refractivity contribution is -0.134. The van der Waals surface area contributed by atoms with Gasteiger partial charge in [0, 0.05) is 23.2 Å². The molecule has 0 spiro atoms. The monoisotopic (exact) mass is 548 g/mol. The van der Waals surface area contributed by atoms with Crippen molar-refractivity contribution in [1.29, 1.82) is 0 Å². The van der Waals surface area contributed by atoms with Gasteiger partial charge in [-0.1, -0.05) is 53.6 Å². The number of nitrogens with one attached hydrogen (secondary N) is 2. The van der Waals surface area contributed by atoms with Gasteiger partial charge in [-0.15, -0.1) is 0 Å². The molecule has 39 heavy (non-hydrogen) atoms. The van der Waals surface area contributed by atoms with E-state index in [0.717, 1.165) is 11.1 Å². The Hall–Kier alpha value is -4.30. The van der Waals surface area contributed by atoms with Gasteiger partial charge in [-0.2, -0.15) is 0 Å². The van der Waals surface area contributed by atoms with Crippen LogP contribution in [0.4, 0.5) is 16.2 Å². The van der Waals surface area contributed by atoms with Crippen LogP contribution in [0.2, 0.25) is 5.02 Å². The van der Waals surface area contributed by atoms with Crippen molar-refractivity contribution in [2.45, 2.75) is 39.7 Å². The highest BCUT2D eigenvalue weighted by Crippen LogP contribution is 2.41. The molecule has 0 fully saturated rings. The number of para-hydroxylation sites is 2. The average molecular weight is 549 g/mol. The largest absolute Gasteiger partial charge is 0.496 e. The number of esters is 2. The number of benzene rings is 3. The summed E-state index contributed by atoms with van der Waals surface area (Å²) >= 11 is 6.07. The highest BCUT2D eigenvalue weighted by Gasteiger charge is 2.32. The van der Waals surface area contributed by atoms with Gasteiger partial charge in [0.2, 0.25) is 0 Å². The van der Waals surface area contributed by atoms with Crippen LogP contribution in [0.25, 0.3) is 0 Å². The summed E-state index contributed by atoms with van der Waals surface area (Å²) in [6.45, 7) is 3.87. The van der Waals surface area contributed by atoms with Crippen molar-refractivity contribution in [2.75, 3.05) is 17.7 Å². The van der Waals surface area contributed by atoms with Gasteiger partial charge in [0.1, 0.15) is 18.1 Å². The van der Waals surface area contributed by atoms with E-state index in [1.54, 1.807) is 43.5 Å². The second-order valence-corrected chi connectivity index (χ2v) is 9.45.